The fourth-order valence-electron chi connectivity index (χ4n) is 1.66. The van der Waals surface area contributed by atoms with E-state index in [4.69, 9.17) is 10.5 Å². The molecule has 6 nitrogen and oxygen atoms in total. The van der Waals surface area contributed by atoms with Crippen LogP contribution >= 0.6 is 22.7 Å². The molecular weight excluding hydrogens is 300 g/mol. The van der Waals surface area contributed by atoms with Gasteiger partial charge in [0.05, 0.1) is 27.0 Å². The molecule has 0 aliphatic rings. The number of rotatable bonds is 4. The Labute approximate surface area is 122 Å². The second-order valence-corrected chi connectivity index (χ2v) is 6.00. The molecule has 0 aliphatic carbocycles. The van der Waals surface area contributed by atoms with E-state index in [9.17, 15) is 14.9 Å². The van der Waals surface area contributed by atoms with Crippen LogP contribution in [0.25, 0.3) is 9.75 Å². The topological polar surface area (TPSA) is 95.5 Å². The van der Waals surface area contributed by atoms with Crippen molar-refractivity contribution >= 4 is 39.3 Å². The largest absolute Gasteiger partial charge is 0.462 e. The molecular formula is C12H12N2O4S2. The lowest BCUT2D eigenvalue weighted by molar-refractivity contribution is -0.380. The third kappa shape index (κ3) is 2.52. The molecule has 20 heavy (non-hydrogen) atoms. The first-order valence-electron chi connectivity index (χ1n) is 5.76. The summed E-state index contributed by atoms with van der Waals surface area (Å²) in [7, 11) is 0. The number of nitrogen functional groups attached to an aromatic ring is 1. The molecule has 0 fully saturated rings. The minimum absolute atomic E-state index is 0.0593. The molecule has 0 radical (unpaired) electrons. The predicted molar refractivity (Wildman–Crippen MR) is 79.4 cm³/mol. The molecule has 0 aromatic carbocycles. The van der Waals surface area contributed by atoms with Crippen molar-refractivity contribution in [3.63, 3.8) is 0 Å². The molecule has 0 bridgehead atoms. The van der Waals surface area contributed by atoms with Crippen molar-refractivity contribution in [3.8, 4) is 9.75 Å². The summed E-state index contributed by atoms with van der Waals surface area (Å²) in [5.41, 5.74) is 7.04. The van der Waals surface area contributed by atoms with E-state index in [2.05, 4.69) is 0 Å². The predicted octanol–water partition coefficient (Wildman–Crippen LogP) is 3.45. The van der Waals surface area contributed by atoms with Gasteiger partial charge in [-0.2, -0.15) is 0 Å². The molecule has 2 rings (SSSR count). The Morgan fingerprint density at radius 2 is 2.15 bits per heavy atom. The number of thiophene rings is 2. The van der Waals surface area contributed by atoms with Crippen LogP contribution in [0.5, 0.6) is 0 Å². The van der Waals surface area contributed by atoms with Crippen molar-refractivity contribution in [1.29, 1.82) is 0 Å². The van der Waals surface area contributed by atoms with Gasteiger partial charge < -0.3 is 10.5 Å². The zero-order valence-corrected chi connectivity index (χ0v) is 12.5. The Bertz CT molecular complexity index is 675. The van der Waals surface area contributed by atoms with Gasteiger partial charge in [0.2, 0.25) is 0 Å². The highest BCUT2D eigenvalue weighted by Gasteiger charge is 2.22. The third-order valence-corrected chi connectivity index (χ3v) is 5.15. The second-order valence-electron chi connectivity index (χ2n) is 3.91. The Kier molecular flexibility index (Phi) is 4.05. The molecule has 0 saturated heterocycles. The molecule has 0 spiro atoms. The lowest BCUT2D eigenvalue weighted by Gasteiger charge is -1.99. The lowest BCUT2D eigenvalue weighted by Crippen LogP contribution is -2.05. The van der Waals surface area contributed by atoms with Crippen LogP contribution in [0, 0.1) is 17.0 Å². The highest BCUT2D eigenvalue weighted by molar-refractivity contribution is 7.24. The van der Waals surface area contributed by atoms with Crippen LogP contribution < -0.4 is 5.73 Å². The van der Waals surface area contributed by atoms with Crippen LogP contribution in [-0.4, -0.2) is 17.5 Å². The summed E-state index contributed by atoms with van der Waals surface area (Å²) >= 11 is 2.26. The van der Waals surface area contributed by atoms with Gasteiger partial charge in [-0.15, -0.1) is 11.3 Å². The summed E-state index contributed by atoms with van der Waals surface area (Å²) in [4.78, 5) is 23.9. The number of hydrogen-bond donors (Lipinski definition) is 1. The standard InChI is InChI=1S/C12H12N2O4S2/c1-3-18-12(15)11-9(13)6(2)10(20-11)7-4-5-8(19-7)14(16)17/h4-5H,3,13H2,1-2H3. The average molecular weight is 312 g/mol. The number of carbonyl (C=O) groups is 1. The smallest absolute Gasteiger partial charge is 0.350 e. The summed E-state index contributed by atoms with van der Waals surface area (Å²) in [6.45, 7) is 3.78. The molecule has 8 heteroatoms. The first kappa shape index (κ1) is 14.5. The quantitative estimate of drug-likeness (QED) is 0.530. The fraction of sp³-hybridized carbons (Fsp3) is 0.250. The van der Waals surface area contributed by atoms with Crippen molar-refractivity contribution < 1.29 is 14.5 Å². The third-order valence-electron chi connectivity index (χ3n) is 2.65. The summed E-state index contributed by atoms with van der Waals surface area (Å²) in [5.74, 6) is -0.463. The number of hydrogen-bond acceptors (Lipinski definition) is 7. The lowest BCUT2D eigenvalue weighted by atomic mass is 10.2. The fourth-order valence-corrected chi connectivity index (χ4v) is 3.77. The molecule has 0 amide bonds. The first-order valence-corrected chi connectivity index (χ1v) is 7.39. The second kappa shape index (κ2) is 5.59. The minimum Gasteiger partial charge on any atom is -0.462 e. The number of carbonyl (C=O) groups excluding carboxylic acids is 1. The molecule has 0 unspecified atom stereocenters. The number of nitrogens with two attached hydrogens (primary N) is 1. The molecule has 2 N–H and O–H groups in total. The summed E-state index contributed by atoms with van der Waals surface area (Å²) < 4.78 is 4.94. The average Bonchev–Trinajstić information content (AvgIpc) is 2.97. The number of esters is 1. The van der Waals surface area contributed by atoms with Gasteiger partial charge in [-0.05, 0) is 25.5 Å². The van der Waals surface area contributed by atoms with Crippen LogP contribution in [-0.2, 0) is 4.74 Å². The van der Waals surface area contributed by atoms with Gasteiger partial charge >= 0.3 is 11.0 Å². The highest BCUT2D eigenvalue weighted by atomic mass is 32.1. The van der Waals surface area contributed by atoms with E-state index in [0.717, 1.165) is 26.7 Å². The zero-order valence-electron chi connectivity index (χ0n) is 10.8. The molecule has 106 valence electrons. The highest BCUT2D eigenvalue weighted by Crippen LogP contribution is 2.42. The van der Waals surface area contributed by atoms with Gasteiger partial charge in [0.25, 0.3) is 0 Å². The SMILES string of the molecule is CCOC(=O)c1sc(-c2ccc([N+](=O)[O-])s2)c(C)c1N. The van der Waals surface area contributed by atoms with Gasteiger partial charge in [-0.25, -0.2) is 4.79 Å². The van der Waals surface area contributed by atoms with Gasteiger partial charge in [0.15, 0.2) is 0 Å². The van der Waals surface area contributed by atoms with E-state index in [0.29, 0.717) is 10.6 Å². The maximum atomic E-state index is 11.8. The van der Waals surface area contributed by atoms with Gasteiger partial charge in [0, 0.05) is 6.07 Å². The van der Waals surface area contributed by atoms with Crippen LogP contribution in [0.1, 0.15) is 22.2 Å². The molecule has 0 atom stereocenters. The van der Waals surface area contributed by atoms with Crippen molar-refractivity contribution in [2.75, 3.05) is 12.3 Å². The van der Waals surface area contributed by atoms with Crippen molar-refractivity contribution in [2.24, 2.45) is 0 Å². The zero-order chi connectivity index (χ0) is 14.9. The Morgan fingerprint density at radius 1 is 1.45 bits per heavy atom. The van der Waals surface area contributed by atoms with Crippen molar-refractivity contribution in [1.82, 2.24) is 0 Å². The van der Waals surface area contributed by atoms with Crippen LogP contribution in [0.4, 0.5) is 10.7 Å². The molecule has 0 aliphatic heterocycles. The Morgan fingerprint density at radius 3 is 2.70 bits per heavy atom. The number of nitro groups is 1. The number of nitrogens with zero attached hydrogens (tertiary/aromatic N) is 1. The van der Waals surface area contributed by atoms with E-state index >= 15 is 0 Å². The van der Waals surface area contributed by atoms with Gasteiger partial charge in [0.1, 0.15) is 4.88 Å². The summed E-state index contributed by atoms with van der Waals surface area (Å²) in [5, 5.41) is 10.8. The normalized spacial score (nSPS) is 10.5. The molecule has 2 aromatic rings. The number of anilines is 1. The van der Waals surface area contributed by atoms with E-state index in [1.54, 1.807) is 19.9 Å². The van der Waals surface area contributed by atoms with Crippen molar-refractivity contribution in [3.05, 3.63) is 32.7 Å². The Hall–Kier alpha value is -1.93. The summed E-state index contributed by atoms with van der Waals surface area (Å²) in [6.07, 6.45) is 0. The Balaban J connectivity index is 2.44. The van der Waals surface area contributed by atoms with Crippen LogP contribution in [0.2, 0.25) is 0 Å². The van der Waals surface area contributed by atoms with E-state index in [1.807, 2.05) is 0 Å². The minimum atomic E-state index is -0.463. The van der Waals surface area contributed by atoms with E-state index in [-0.39, 0.29) is 11.6 Å². The van der Waals surface area contributed by atoms with Crippen LogP contribution in [0.15, 0.2) is 12.1 Å². The maximum absolute atomic E-state index is 11.8. The van der Waals surface area contributed by atoms with Crippen LogP contribution in [0.3, 0.4) is 0 Å². The van der Waals surface area contributed by atoms with E-state index in [1.165, 1.54) is 17.4 Å². The van der Waals surface area contributed by atoms with Gasteiger partial charge in [-0.1, -0.05) is 11.3 Å². The maximum Gasteiger partial charge on any atom is 0.350 e. The van der Waals surface area contributed by atoms with Crippen molar-refractivity contribution in [2.45, 2.75) is 13.8 Å². The monoisotopic (exact) mass is 312 g/mol. The molecule has 2 heterocycles. The molecule has 0 saturated carbocycles. The number of ether oxygens (including phenoxy) is 1. The summed E-state index contributed by atoms with van der Waals surface area (Å²) in [6, 6.07) is 3.11. The van der Waals surface area contributed by atoms with Gasteiger partial charge in [-0.3, -0.25) is 10.1 Å². The molecule has 2 aromatic heterocycles. The van der Waals surface area contributed by atoms with E-state index < -0.39 is 10.9 Å². The first-order chi connectivity index (χ1) is 9.45.